The second-order valence-corrected chi connectivity index (χ2v) is 10.6. The van der Waals surface area contributed by atoms with Gasteiger partial charge in [0.05, 0.1) is 21.8 Å². The predicted molar refractivity (Wildman–Crippen MR) is 145 cm³/mol. The van der Waals surface area contributed by atoms with Crippen molar-refractivity contribution in [2.24, 2.45) is 0 Å². The number of ketones is 1. The van der Waals surface area contributed by atoms with Gasteiger partial charge in [0.2, 0.25) is 5.78 Å². The Kier molecular flexibility index (Phi) is 5.46. The van der Waals surface area contributed by atoms with Gasteiger partial charge in [-0.2, -0.15) is 0 Å². The highest BCUT2D eigenvalue weighted by atomic mass is 32.1. The zero-order valence-corrected chi connectivity index (χ0v) is 21.4. The molecule has 0 bridgehead atoms. The van der Waals surface area contributed by atoms with Crippen LogP contribution in [-0.2, 0) is 4.79 Å². The average Bonchev–Trinajstić information content (AvgIpc) is 3.57. The Hall–Kier alpha value is -4.23. The third-order valence-corrected chi connectivity index (χ3v) is 7.75. The molecule has 184 valence electrons. The van der Waals surface area contributed by atoms with E-state index in [1.54, 1.807) is 12.1 Å². The van der Waals surface area contributed by atoms with Crippen LogP contribution < -0.4 is 4.90 Å². The van der Waals surface area contributed by atoms with Crippen LogP contribution in [0.5, 0.6) is 0 Å². The fraction of sp³-hybridized carbons (Fsp3) is 0.167. The molecule has 5 aromatic rings. The highest BCUT2D eigenvalue weighted by molar-refractivity contribution is 7.22. The molecule has 0 spiro atoms. The maximum Gasteiger partial charge on any atom is 0.296 e. The van der Waals surface area contributed by atoms with E-state index in [0.717, 1.165) is 21.2 Å². The van der Waals surface area contributed by atoms with E-state index in [1.807, 2.05) is 61.5 Å². The number of thiazole rings is 1. The molecule has 0 radical (unpaired) electrons. The van der Waals surface area contributed by atoms with Crippen LogP contribution in [0.2, 0.25) is 0 Å². The Labute approximate surface area is 217 Å². The van der Waals surface area contributed by atoms with E-state index >= 15 is 0 Å². The van der Waals surface area contributed by atoms with Crippen molar-refractivity contribution >= 4 is 49.3 Å². The number of Topliss-reactive ketones (excluding diaryl/α,β-unsaturated/α-hetero) is 1. The Bertz CT molecular complexity index is 1710. The largest absolute Gasteiger partial charge is 0.503 e. The molecule has 3 aromatic carbocycles. The number of carbonyl (C=O) groups is 2. The first-order chi connectivity index (χ1) is 17.8. The summed E-state index contributed by atoms with van der Waals surface area (Å²) in [5.74, 6) is -1.35. The molecule has 7 heteroatoms. The quantitative estimate of drug-likeness (QED) is 0.253. The molecule has 37 heavy (non-hydrogen) atoms. The van der Waals surface area contributed by atoms with Gasteiger partial charge in [-0.1, -0.05) is 79.3 Å². The number of anilines is 1. The maximum atomic E-state index is 13.8. The number of amides is 1. The van der Waals surface area contributed by atoms with Crippen molar-refractivity contribution in [1.29, 1.82) is 0 Å². The van der Waals surface area contributed by atoms with Gasteiger partial charge in [0, 0.05) is 5.39 Å². The van der Waals surface area contributed by atoms with Gasteiger partial charge in [-0.3, -0.25) is 14.5 Å². The summed E-state index contributed by atoms with van der Waals surface area (Å²) in [4.78, 5) is 33.5. The van der Waals surface area contributed by atoms with Crippen molar-refractivity contribution in [3.8, 4) is 0 Å². The second-order valence-electron chi connectivity index (χ2n) is 9.61. The van der Waals surface area contributed by atoms with Crippen molar-refractivity contribution in [3.05, 3.63) is 107 Å². The minimum absolute atomic E-state index is 0.0169. The SMILES string of the molecule is Cc1cccc(C2C(C(=O)c3cc4ccccc4o3)=C(O)C(=O)N2c2nc3ccc(C(C)C)cc3s2)c1. The molecular weight excluding hydrogens is 484 g/mol. The number of nitrogens with zero attached hydrogens (tertiary/aromatic N) is 2. The lowest BCUT2D eigenvalue weighted by Gasteiger charge is -2.24. The topological polar surface area (TPSA) is 83.6 Å². The molecule has 0 fully saturated rings. The number of furan rings is 1. The monoisotopic (exact) mass is 508 g/mol. The summed E-state index contributed by atoms with van der Waals surface area (Å²) in [6.45, 7) is 6.19. The van der Waals surface area contributed by atoms with Crippen LogP contribution in [0.25, 0.3) is 21.2 Å². The molecule has 1 aliphatic rings. The number of para-hydroxylation sites is 1. The number of hydrogen-bond acceptors (Lipinski definition) is 6. The van der Waals surface area contributed by atoms with Crippen molar-refractivity contribution in [2.75, 3.05) is 4.90 Å². The molecule has 1 aliphatic heterocycles. The van der Waals surface area contributed by atoms with E-state index in [-0.39, 0.29) is 11.3 Å². The number of rotatable bonds is 5. The van der Waals surface area contributed by atoms with Gasteiger partial charge in [0.25, 0.3) is 5.91 Å². The molecule has 2 aromatic heterocycles. The molecule has 6 rings (SSSR count). The van der Waals surface area contributed by atoms with E-state index in [2.05, 4.69) is 19.9 Å². The minimum Gasteiger partial charge on any atom is -0.503 e. The number of fused-ring (bicyclic) bond motifs is 2. The first kappa shape index (κ1) is 23.2. The number of aromatic nitrogens is 1. The standard InChI is InChI=1S/C30H24N2O4S/c1-16(2)18-11-12-21-24(15-18)37-30(31-21)32-26(20-9-6-7-17(3)13-20)25(28(34)29(32)35)27(33)23-14-19-8-4-5-10-22(19)36-23/h4-16,26,34H,1-3H3. The van der Waals surface area contributed by atoms with E-state index in [4.69, 9.17) is 9.40 Å². The molecule has 0 saturated carbocycles. The van der Waals surface area contributed by atoms with Crippen LogP contribution in [0, 0.1) is 6.92 Å². The average molecular weight is 509 g/mol. The van der Waals surface area contributed by atoms with Crippen LogP contribution in [0.15, 0.2) is 88.5 Å². The molecule has 0 saturated heterocycles. The van der Waals surface area contributed by atoms with E-state index in [9.17, 15) is 14.7 Å². The highest BCUT2D eigenvalue weighted by Gasteiger charge is 2.46. The fourth-order valence-electron chi connectivity index (χ4n) is 4.81. The number of hydrogen-bond donors (Lipinski definition) is 1. The van der Waals surface area contributed by atoms with Gasteiger partial charge in [-0.15, -0.1) is 0 Å². The number of aliphatic hydroxyl groups excluding tert-OH is 1. The summed E-state index contributed by atoms with van der Waals surface area (Å²) in [7, 11) is 0. The first-order valence-corrected chi connectivity index (χ1v) is 12.9. The lowest BCUT2D eigenvalue weighted by molar-refractivity contribution is -0.117. The fourth-order valence-corrected chi connectivity index (χ4v) is 5.85. The van der Waals surface area contributed by atoms with Crippen molar-refractivity contribution in [2.45, 2.75) is 32.7 Å². The number of aryl methyl sites for hydroxylation is 1. The van der Waals surface area contributed by atoms with Gasteiger partial charge in [0.15, 0.2) is 16.7 Å². The predicted octanol–water partition coefficient (Wildman–Crippen LogP) is 7.26. The van der Waals surface area contributed by atoms with Crippen LogP contribution in [-0.4, -0.2) is 21.8 Å². The first-order valence-electron chi connectivity index (χ1n) is 12.1. The molecule has 1 unspecified atom stereocenters. The highest BCUT2D eigenvalue weighted by Crippen LogP contribution is 2.44. The summed E-state index contributed by atoms with van der Waals surface area (Å²) in [5.41, 5.74) is 4.16. The van der Waals surface area contributed by atoms with Gasteiger partial charge in [-0.25, -0.2) is 4.98 Å². The molecule has 6 nitrogen and oxygen atoms in total. The lowest BCUT2D eigenvalue weighted by atomic mass is 9.94. The van der Waals surface area contributed by atoms with E-state index in [1.165, 1.54) is 21.8 Å². The summed E-state index contributed by atoms with van der Waals surface area (Å²) >= 11 is 1.37. The molecule has 1 amide bonds. The van der Waals surface area contributed by atoms with E-state index < -0.39 is 23.5 Å². The van der Waals surface area contributed by atoms with Crippen molar-refractivity contribution in [1.82, 2.24) is 4.98 Å². The summed E-state index contributed by atoms with van der Waals surface area (Å²) in [6, 6.07) is 21.7. The van der Waals surface area contributed by atoms with Crippen LogP contribution in [0.3, 0.4) is 0 Å². The number of carbonyl (C=O) groups excluding carboxylic acids is 2. The van der Waals surface area contributed by atoms with Crippen molar-refractivity contribution < 1.29 is 19.1 Å². The molecule has 0 aliphatic carbocycles. The van der Waals surface area contributed by atoms with E-state index in [0.29, 0.717) is 22.2 Å². The van der Waals surface area contributed by atoms with Crippen LogP contribution >= 0.6 is 11.3 Å². The van der Waals surface area contributed by atoms with Gasteiger partial charge >= 0.3 is 0 Å². The minimum atomic E-state index is -0.849. The maximum absolute atomic E-state index is 13.8. The van der Waals surface area contributed by atoms with Crippen LogP contribution in [0.1, 0.15) is 53.1 Å². The normalized spacial score (nSPS) is 16.1. The van der Waals surface area contributed by atoms with Crippen LogP contribution in [0.4, 0.5) is 5.13 Å². The third-order valence-electron chi connectivity index (χ3n) is 6.73. The Morgan fingerprint density at radius 3 is 2.62 bits per heavy atom. The molecule has 3 heterocycles. The Morgan fingerprint density at radius 1 is 1.05 bits per heavy atom. The molecular formula is C30H24N2O4S. The zero-order chi connectivity index (χ0) is 25.8. The summed E-state index contributed by atoms with van der Waals surface area (Å²) < 4.78 is 6.76. The summed E-state index contributed by atoms with van der Waals surface area (Å²) in [5, 5.41) is 12.3. The van der Waals surface area contributed by atoms with Crippen molar-refractivity contribution in [3.63, 3.8) is 0 Å². The molecule has 1 atom stereocenters. The smallest absolute Gasteiger partial charge is 0.296 e. The third kappa shape index (κ3) is 3.83. The Morgan fingerprint density at radius 2 is 1.86 bits per heavy atom. The molecule has 1 N–H and O–H groups in total. The van der Waals surface area contributed by atoms with Gasteiger partial charge in [-0.05, 0) is 48.2 Å². The second kappa shape index (κ2) is 8.71. The summed E-state index contributed by atoms with van der Waals surface area (Å²) in [6.07, 6.45) is 0. The van der Waals surface area contributed by atoms with Gasteiger partial charge in [0.1, 0.15) is 5.58 Å². The lowest BCUT2D eigenvalue weighted by Crippen LogP contribution is -2.31. The number of aliphatic hydroxyl groups is 1. The van der Waals surface area contributed by atoms with Gasteiger partial charge < -0.3 is 9.52 Å². The Balaban J connectivity index is 1.50. The number of benzene rings is 3. The zero-order valence-electron chi connectivity index (χ0n) is 20.6.